The monoisotopic (exact) mass is 304 g/mol. The van der Waals surface area contributed by atoms with Crippen molar-refractivity contribution in [2.24, 2.45) is 5.41 Å². The first-order chi connectivity index (χ1) is 10.3. The molecule has 0 saturated carbocycles. The summed E-state index contributed by atoms with van der Waals surface area (Å²) >= 11 is 0. The highest BCUT2D eigenvalue weighted by Gasteiger charge is 2.31. The van der Waals surface area contributed by atoms with Crippen molar-refractivity contribution in [1.29, 1.82) is 0 Å². The molecule has 4 nitrogen and oxygen atoms in total. The standard InChI is InChI=1S/C18H28N2O2/c1-13-5-6-14(2)15(9-13)11-19-17(22)20-8-7-16(21)10-18(3,4)12-20/h5-6,9,16,21H,7-8,10-12H2,1-4H3,(H,19,22)/t16-/m0/s1. The lowest BCUT2D eigenvalue weighted by Gasteiger charge is -2.29. The Morgan fingerprint density at radius 1 is 1.41 bits per heavy atom. The van der Waals surface area contributed by atoms with Crippen LogP contribution in [0.4, 0.5) is 4.79 Å². The second-order valence-electron chi connectivity index (χ2n) is 7.32. The van der Waals surface area contributed by atoms with E-state index in [4.69, 9.17) is 0 Å². The van der Waals surface area contributed by atoms with E-state index in [0.717, 1.165) is 12.0 Å². The number of nitrogens with zero attached hydrogens (tertiary/aromatic N) is 1. The highest BCUT2D eigenvalue weighted by Crippen LogP contribution is 2.28. The Morgan fingerprint density at radius 3 is 2.86 bits per heavy atom. The van der Waals surface area contributed by atoms with Gasteiger partial charge in [0.15, 0.2) is 0 Å². The number of carbonyl (C=O) groups is 1. The van der Waals surface area contributed by atoms with E-state index in [9.17, 15) is 9.90 Å². The second-order valence-corrected chi connectivity index (χ2v) is 7.32. The van der Waals surface area contributed by atoms with Gasteiger partial charge in [-0.25, -0.2) is 4.79 Å². The molecule has 1 aromatic rings. The molecule has 2 rings (SSSR count). The Bertz CT molecular complexity index is 540. The molecule has 4 heteroatoms. The minimum absolute atomic E-state index is 0.0388. The first-order valence-corrected chi connectivity index (χ1v) is 8.04. The quantitative estimate of drug-likeness (QED) is 0.882. The van der Waals surface area contributed by atoms with Crippen LogP contribution in [0.15, 0.2) is 18.2 Å². The third kappa shape index (κ3) is 4.47. The molecule has 1 aromatic carbocycles. The number of carbonyl (C=O) groups excluding carboxylic acids is 1. The number of aliphatic hydroxyl groups is 1. The largest absolute Gasteiger partial charge is 0.393 e. The van der Waals surface area contributed by atoms with Gasteiger partial charge in [0.2, 0.25) is 0 Å². The third-order valence-corrected chi connectivity index (χ3v) is 4.36. The van der Waals surface area contributed by atoms with Crippen LogP contribution in [0.5, 0.6) is 0 Å². The molecule has 1 atom stereocenters. The minimum atomic E-state index is -0.313. The summed E-state index contributed by atoms with van der Waals surface area (Å²) in [4.78, 5) is 14.3. The van der Waals surface area contributed by atoms with Crippen molar-refractivity contribution in [3.05, 3.63) is 34.9 Å². The maximum atomic E-state index is 12.4. The zero-order valence-corrected chi connectivity index (χ0v) is 14.1. The Kier molecular flexibility index (Phi) is 5.12. The molecular weight excluding hydrogens is 276 g/mol. The van der Waals surface area contributed by atoms with Gasteiger partial charge >= 0.3 is 6.03 Å². The molecule has 1 heterocycles. The van der Waals surface area contributed by atoms with Crippen LogP contribution in [0.2, 0.25) is 0 Å². The van der Waals surface area contributed by atoms with E-state index < -0.39 is 0 Å². The van der Waals surface area contributed by atoms with Crippen LogP contribution in [0.1, 0.15) is 43.4 Å². The number of aryl methyl sites for hydroxylation is 2. The van der Waals surface area contributed by atoms with Crippen LogP contribution < -0.4 is 5.32 Å². The van der Waals surface area contributed by atoms with Crippen molar-refractivity contribution in [3.63, 3.8) is 0 Å². The second kappa shape index (κ2) is 6.69. The van der Waals surface area contributed by atoms with Crippen LogP contribution in [0.25, 0.3) is 0 Å². The van der Waals surface area contributed by atoms with Gasteiger partial charge in [-0.3, -0.25) is 0 Å². The van der Waals surface area contributed by atoms with Gasteiger partial charge in [-0.2, -0.15) is 0 Å². The van der Waals surface area contributed by atoms with Crippen LogP contribution in [0, 0.1) is 19.3 Å². The number of amides is 2. The molecule has 122 valence electrons. The van der Waals surface area contributed by atoms with E-state index in [-0.39, 0.29) is 17.6 Å². The molecule has 0 unspecified atom stereocenters. The fraction of sp³-hybridized carbons (Fsp3) is 0.611. The summed E-state index contributed by atoms with van der Waals surface area (Å²) in [6.45, 7) is 10.2. The number of rotatable bonds is 2. The lowest BCUT2D eigenvalue weighted by atomic mass is 9.87. The minimum Gasteiger partial charge on any atom is -0.393 e. The van der Waals surface area contributed by atoms with Gasteiger partial charge in [-0.05, 0) is 43.2 Å². The summed E-state index contributed by atoms with van der Waals surface area (Å²) in [6.07, 6.45) is 1.08. The van der Waals surface area contributed by atoms with E-state index in [0.29, 0.717) is 26.1 Å². The first kappa shape index (κ1) is 16.8. The van der Waals surface area contributed by atoms with Crippen LogP contribution >= 0.6 is 0 Å². The molecule has 0 aromatic heterocycles. The Labute approximate surface area is 133 Å². The van der Waals surface area contributed by atoms with Crippen molar-refractivity contribution in [2.45, 2.75) is 53.2 Å². The highest BCUT2D eigenvalue weighted by molar-refractivity contribution is 5.74. The van der Waals surface area contributed by atoms with E-state index in [1.165, 1.54) is 11.1 Å². The molecule has 1 fully saturated rings. The third-order valence-electron chi connectivity index (χ3n) is 4.36. The van der Waals surface area contributed by atoms with Gasteiger partial charge in [0.05, 0.1) is 6.10 Å². The molecule has 1 saturated heterocycles. The number of aliphatic hydroxyl groups excluding tert-OH is 1. The summed E-state index contributed by atoms with van der Waals surface area (Å²) in [5.41, 5.74) is 3.50. The SMILES string of the molecule is Cc1ccc(C)c(CNC(=O)N2CC[C@H](O)CC(C)(C)C2)c1. The number of nitrogens with one attached hydrogen (secondary N) is 1. The molecule has 0 radical (unpaired) electrons. The van der Waals surface area contributed by atoms with Crippen molar-refractivity contribution >= 4 is 6.03 Å². The van der Waals surface area contributed by atoms with Crippen molar-refractivity contribution in [2.75, 3.05) is 13.1 Å². The normalized spacial score (nSPS) is 21.3. The highest BCUT2D eigenvalue weighted by atomic mass is 16.3. The van der Waals surface area contributed by atoms with Crippen LogP contribution in [0.3, 0.4) is 0 Å². The number of hydrogen-bond acceptors (Lipinski definition) is 2. The fourth-order valence-corrected chi connectivity index (χ4v) is 3.15. The predicted octanol–water partition coefficient (Wildman–Crippen LogP) is 3.00. The van der Waals surface area contributed by atoms with Gasteiger partial charge in [-0.1, -0.05) is 37.6 Å². The summed E-state index contributed by atoms with van der Waals surface area (Å²) in [6, 6.07) is 6.25. The van der Waals surface area contributed by atoms with Gasteiger partial charge in [-0.15, -0.1) is 0 Å². The number of likely N-dealkylation sites (tertiary alicyclic amines) is 1. The molecule has 0 spiro atoms. The summed E-state index contributed by atoms with van der Waals surface area (Å²) in [5, 5.41) is 13.0. The predicted molar refractivity (Wildman–Crippen MR) is 88.7 cm³/mol. The average Bonchev–Trinajstić information content (AvgIpc) is 2.56. The van der Waals surface area contributed by atoms with Crippen molar-refractivity contribution in [1.82, 2.24) is 10.2 Å². The topological polar surface area (TPSA) is 52.6 Å². The van der Waals surface area contributed by atoms with E-state index in [2.05, 4.69) is 51.2 Å². The maximum absolute atomic E-state index is 12.4. The van der Waals surface area contributed by atoms with Crippen LogP contribution in [-0.2, 0) is 6.54 Å². The molecule has 1 aliphatic heterocycles. The zero-order chi connectivity index (χ0) is 16.3. The number of hydrogen-bond donors (Lipinski definition) is 2. The smallest absolute Gasteiger partial charge is 0.317 e. The van der Waals surface area contributed by atoms with Gasteiger partial charge < -0.3 is 15.3 Å². The van der Waals surface area contributed by atoms with Gasteiger partial charge in [0, 0.05) is 19.6 Å². The van der Waals surface area contributed by atoms with E-state index >= 15 is 0 Å². The first-order valence-electron chi connectivity index (χ1n) is 8.04. The Hall–Kier alpha value is -1.55. The molecule has 2 N–H and O–H groups in total. The number of urea groups is 1. The molecule has 0 bridgehead atoms. The van der Waals surface area contributed by atoms with Crippen LogP contribution in [-0.4, -0.2) is 35.2 Å². The van der Waals surface area contributed by atoms with Gasteiger partial charge in [0.25, 0.3) is 0 Å². The van der Waals surface area contributed by atoms with E-state index in [1.807, 2.05) is 4.90 Å². The molecule has 1 aliphatic rings. The zero-order valence-electron chi connectivity index (χ0n) is 14.1. The van der Waals surface area contributed by atoms with Crippen molar-refractivity contribution < 1.29 is 9.90 Å². The Balaban J connectivity index is 1.98. The van der Waals surface area contributed by atoms with Crippen molar-refractivity contribution in [3.8, 4) is 0 Å². The van der Waals surface area contributed by atoms with Gasteiger partial charge in [0.1, 0.15) is 0 Å². The Morgan fingerprint density at radius 2 is 2.14 bits per heavy atom. The maximum Gasteiger partial charge on any atom is 0.317 e. The molecule has 22 heavy (non-hydrogen) atoms. The summed E-state index contributed by atoms with van der Waals surface area (Å²) in [5.74, 6) is 0. The lowest BCUT2D eigenvalue weighted by Crippen LogP contribution is -2.43. The number of benzene rings is 1. The fourth-order valence-electron chi connectivity index (χ4n) is 3.15. The molecule has 0 aliphatic carbocycles. The molecule has 2 amide bonds. The summed E-state index contributed by atoms with van der Waals surface area (Å²) < 4.78 is 0. The van der Waals surface area contributed by atoms with E-state index in [1.54, 1.807) is 0 Å². The summed E-state index contributed by atoms with van der Waals surface area (Å²) in [7, 11) is 0. The lowest BCUT2D eigenvalue weighted by molar-refractivity contribution is 0.121. The molecular formula is C18H28N2O2. The average molecular weight is 304 g/mol.